The van der Waals surface area contributed by atoms with Crippen LogP contribution in [0.2, 0.25) is 0 Å². The van der Waals surface area contributed by atoms with Crippen LogP contribution >= 0.6 is 11.3 Å². The third kappa shape index (κ3) is 8.60. The molecule has 2 fully saturated rings. The molecule has 0 spiro atoms. The lowest BCUT2D eigenvalue weighted by molar-refractivity contribution is -0.0985. The number of carbonyl (C=O) groups is 2. The minimum absolute atomic E-state index is 0.000797. The molecule has 1 atom stereocenters. The van der Waals surface area contributed by atoms with Crippen molar-refractivity contribution in [3.63, 3.8) is 0 Å². The number of hydrogen-bond donors (Lipinski definition) is 4. The Morgan fingerprint density at radius 1 is 1.09 bits per heavy atom. The summed E-state index contributed by atoms with van der Waals surface area (Å²) in [5.74, 6) is -0.253. The maximum absolute atomic E-state index is 14.2. The fourth-order valence-corrected chi connectivity index (χ4v) is 8.33. The van der Waals surface area contributed by atoms with E-state index in [0.717, 1.165) is 30.7 Å². The number of carbonyl (C=O) groups excluding carboxylic acids is 2. The van der Waals surface area contributed by atoms with Gasteiger partial charge < -0.3 is 25.4 Å². The van der Waals surface area contributed by atoms with Gasteiger partial charge in [0.25, 0.3) is 0 Å². The number of nitrogens with zero attached hydrogens (tertiary/aromatic N) is 1. The summed E-state index contributed by atoms with van der Waals surface area (Å²) < 4.78 is 54.6. The quantitative estimate of drug-likeness (QED) is 0.216. The molecule has 5 rings (SSSR count). The predicted octanol–water partition coefficient (Wildman–Crippen LogP) is 6.06. The highest BCUT2D eigenvalue weighted by molar-refractivity contribution is 7.89. The fourth-order valence-electron chi connectivity index (χ4n) is 5.47. The van der Waals surface area contributed by atoms with Gasteiger partial charge in [-0.05, 0) is 71.6 Å². The Morgan fingerprint density at radius 2 is 1.80 bits per heavy atom. The van der Waals surface area contributed by atoms with Crippen LogP contribution in [-0.2, 0) is 19.5 Å². The van der Waals surface area contributed by atoms with Gasteiger partial charge in [-0.25, -0.2) is 32.1 Å². The van der Waals surface area contributed by atoms with Gasteiger partial charge in [-0.15, -0.1) is 11.3 Å². The Kier molecular flexibility index (Phi) is 10.3. The third-order valence-corrected chi connectivity index (χ3v) is 10.7. The van der Waals surface area contributed by atoms with Gasteiger partial charge in [0.2, 0.25) is 10.0 Å². The molecule has 2 aromatic carbocycles. The topological polar surface area (TPSA) is 148 Å². The lowest BCUT2D eigenvalue weighted by Gasteiger charge is -2.30. The number of thiazole rings is 1. The normalized spacial score (nSPS) is 19.5. The standard InChI is InChI=1S/C32H40FN5O6S2/c1-19(24-7-5-6-8-26(24)33)35-30(39)36-22-13-14-25(28(15-22)46(41,42)38-32(2,3)4)27-16-34-29(45-27)20-9-11-21(12-10-20)37-31(40)44-23-17-43-18-23/h5-8,13-16,19-21,23,38H,9-12,17-18H2,1-4H3,(H,37,40)(H2,35,36,39)/t19-,20-,21-/m1/s1. The summed E-state index contributed by atoms with van der Waals surface area (Å²) in [5.41, 5.74) is 0.299. The first-order valence-electron chi connectivity index (χ1n) is 15.3. The summed E-state index contributed by atoms with van der Waals surface area (Å²) >= 11 is 1.44. The average molecular weight is 674 g/mol. The molecule has 1 saturated carbocycles. The molecule has 3 amide bonds. The van der Waals surface area contributed by atoms with Crippen molar-refractivity contribution < 1.29 is 31.9 Å². The highest BCUT2D eigenvalue weighted by atomic mass is 32.2. The number of benzene rings is 2. The first-order chi connectivity index (χ1) is 21.8. The van der Waals surface area contributed by atoms with Crippen LogP contribution in [0.25, 0.3) is 10.4 Å². The van der Waals surface area contributed by atoms with Crippen molar-refractivity contribution in [2.75, 3.05) is 18.5 Å². The summed E-state index contributed by atoms with van der Waals surface area (Å²) in [6, 6.07) is 9.67. The maximum Gasteiger partial charge on any atom is 0.407 e. The zero-order valence-electron chi connectivity index (χ0n) is 26.3. The van der Waals surface area contributed by atoms with Crippen molar-refractivity contribution in [2.24, 2.45) is 0 Å². The fraction of sp³-hybridized carbons (Fsp3) is 0.469. The van der Waals surface area contributed by atoms with Crippen molar-refractivity contribution >= 4 is 39.2 Å². The second kappa shape index (κ2) is 14.0. The highest BCUT2D eigenvalue weighted by Crippen LogP contribution is 2.40. The Hall–Kier alpha value is -3.59. The highest BCUT2D eigenvalue weighted by Gasteiger charge is 2.30. The van der Waals surface area contributed by atoms with E-state index in [1.807, 2.05) is 0 Å². The molecule has 4 N–H and O–H groups in total. The van der Waals surface area contributed by atoms with Crippen LogP contribution < -0.4 is 20.7 Å². The molecule has 46 heavy (non-hydrogen) atoms. The van der Waals surface area contributed by atoms with Crippen LogP contribution in [0.3, 0.4) is 0 Å². The number of anilines is 1. The van der Waals surface area contributed by atoms with E-state index in [4.69, 9.17) is 9.47 Å². The maximum atomic E-state index is 14.2. The van der Waals surface area contributed by atoms with E-state index in [9.17, 15) is 22.4 Å². The number of aromatic nitrogens is 1. The van der Waals surface area contributed by atoms with E-state index in [2.05, 4.69) is 25.7 Å². The van der Waals surface area contributed by atoms with Gasteiger partial charge in [0.05, 0.1) is 34.0 Å². The van der Waals surface area contributed by atoms with Gasteiger partial charge in [0, 0.05) is 40.5 Å². The Balaban J connectivity index is 1.30. The van der Waals surface area contributed by atoms with Crippen molar-refractivity contribution in [3.8, 4) is 10.4 Å². The SMILES string of the molecule is C[C@@H](NC(=O)Nc1ccc(-c2cnc([C@H]3CC[C@H](NC(=O)OC4COC4)CC3)s2)c(S(=O)(=O)NC(C)(C)C)c1)c1ccccc1F. The molecule has 1 aliphatic heterocycles. The summed E-state index contributed by atoms with van der Waals surface area (Å²) in [5, 5.41) is 9.23. The first-order valence-corrected chi connectivity index (χ1v) is 17.6. The Labute approximate surface area is 272 Å². The molecule has 3 aromatic rings. The molecule has 14 heteroatoms. The van der Waals surface area contributed by atoms with Crippen molar-refractivity contribution in [2.45, 2.75) is 87.9 Å². The number of alkyl carbamates (subject to hydrolysis) is 1. The minimum Gasteiger partial charge on any atom is -0.441 e. The molecular weight excluding hydrogens is 634 g/mol. The Morgan fingerprint density at radius 3 is 2.46 bits per heavy atom. The number of ether oxygens (including phenoxy) is 2. The van der Waals surface area contributed by atoms with Gasteiger partial charge >= 0.3 is 12.1 Å². The molecule has 1 aromatic heterocycles. The van der Waals surface area contributed by atoms with Gasteiger partial charge in [-0.2, -0.15) is 0 Å². The molecule has 248 valence electrons. The monoisotopic (exact) mass is 673 g/mol. The summed E-state index contributed by atoms with van der Waals surface area (Å²) in [6.07, 6.45) is 4.31. The van der Waals surface area contributed by atoms with Gasteiger partial charge in [0.15, 0.2) is 6.10 Å². The number of amides is 3. The average Bonchev–Trinajstić information content (AvgIpc) is 3.44. The van der Waals surface area contributed by atoms with Crippen LogP contribution in [0.4, 0.5) is 19.7 Å². The zero-order chi connectivity index (χ0) is 33.1. The van der Waals surface area contributed by atoms with Crippen LogP contribution in [-0.4, -0.2) is 56.4 Å². The molecule has 2 aliphatic rings. The second-order valence-electron chi connectivity index (χ2n) is 12.7. The van der Waals surface area contributed by atoms with Crippen LogP contribution in [0.1, 0.15) is 75.9 Å². The van der Waals surface area contributed by atoms with Crippen molar-refractivity contribution in [1.82, 2.24) is 20.3 Å². The lowest BCUT2D eigenvalue weighted by Crippen LogP contribution is -2.44. The van der Waals surface area contributed by atoms with Crippen molar-refractivity contribution in [3.05, 3.63) is 65.0 Å². The molecule has 0 bridgehead atoms. The summed E-state index contributed by atoms with van der Waals surface area (Å²) in [4.78, 5) is 30.3. The van der Waals surface area contributed by atoms with E-state index < -0.39 is 39.5 Å². The van der Waals surface area contributed by atoms with E-state index >= 15 is 0 Å². The first kappa shape index (κ1) is 33.8. The number of halogens is 1. The van der Waals surface area contributed by atoms with Gasteiger partial charge in [-0.3, -0.25) is 0 Å². The van der Waals surface area contributed by atoms with E-state index in [0.29, 0.717) is 29.2 Å². The third-order valence-electron chi connectivity index (χ3n) is 7.76. The Bertz CT molecular complexity index is 1660. The number of rotatable bonds is 9. The number of urea groups is 1. The number of hydrogen-bond acceptors (Lipinski definition) is 8. The predicted molar refractivity (Wildman–Crippen MR) is 174 cm³/mol. The van der Waals surface area contributed by atoms with E-state index in [-0.39, 0.29) is 28.6 Å². The lowest BCUT2D eigenvalue weighted by atomic mass is 9.86. The van der Waals surface area contributed by atoms with Crippen LogP contribution in [0, 0.1) is 5.82 Å². The molecular formula is C32H40FN5O6S2. The van der Waals surface area contributed by atoms with Crippen LogP contribution in [0.5, 0.6) is 0 Å². The molecule has 1 aliphatic carbocycles. The van der Waals surface area contributed by atoms with Gasteiger partial charge in [0.1, 0.15) is 5.82 Å². The van der Waals surface area contributed by atoms with Crippen LogP contribution in [0.15, 0.2) is 53.6 Å². The molecule has 2 heterocycles. The number of sulfonamides is 1. The molecule has 11 nitrogen and oxygen atoms in total. The molecule has 1 saturated heterocycles. The molecule has 0 unspecified atom stereocenters. The van der Waals surface area contributed by atoms with Gasteiger partial charge in [-0.1, -0.05) is 24.3 Å². The van der Waals surface area contributed by atoms with E-state index in [1.165, 1.54) is 23.5 Å². The van der Waals surface area contributed by atoms with Crippen molar-refractivity contribution in [1.29, 1.82) is 0 Å². The zero-order valence-corrected chi connectivity index (χ0v) is 27.9. The molecule has 0 radical (unpaired) electrons. The number of nitrogens with one attached hydrogen (secondary N) is 4. The largest absolute Gasteiger partial charge is 0.441 e. The smallest absolute Gasteiger partial charge is 0.407 e. The van der Waals surface area contributed by atoms with E-state index in [1.54, 1.807) is 64.2 Å². The summed E-state index contributed by atoms with van der Waals surface area (Å²) in [7, 11) is -4.02. The minimum atomic E-state index is -4.02. The second-order valence-corrected chi connectivity index (χ2v) is 15.4. The summed E-state index contributed by atoms with van der Waals surface area (Å²) in [6.45, 7) is 7.79.